The maximum Gasteiger partial charge on any atom is 0.194 e. The van der Waals surface area contributed by atoms with Gasteiger partial charge in [0.15, 0.2) is 29.1 Å². The van der Waals surface area contributed by atoms with E-state index in [9.17, 15) is 39.5 Å². The van der Waals surface area contributed by atoms with Crippen LogP contribution in [0.15, 0.2) is 78.6 Å². The number of hydrogen-bond acceptors (Lipinski definition) is 0. The minimum Gasteiger partial charge on any atom is -0.206 e. The monoisotopic (exact) mass is 534 g/mol. The van der Waals surface area contributed by atoms with Crippen molar-refractivity contribution in [3.63, 3.8) is 0 Å². The Morgan fingerprint density at radius 3 is 1.61 bits per heavy atom. The zero-order chi connectivity index (χ0) is 27.7. The summed E-state index contributed by atoms with van der Waals surface area (Å²) in [6.07, 6.45) is 2.13. The van der Waals surface area contributed by atoms with Crippen LogP contribution < -0.4 is 0 Å². The van der Waals surface area contributed by atoms with Crippen molar-refractivity contribution in [3.05, 3.63) is 125 Å². The van der Waals surface area contributed by atoms with E-state index >= 15 is 0 Å². The van der Waals surface area contributed by atoms with E-state index in [-0.39, 0.29) is 27.8 Å². The second-order valence-corrected chi connectivity index (χ2v) is 8.12. The van der Waals surface area contributed by atoms with E-state index in [0.29, 0.717) is 12.1 Å². The summed E-state index contributed by atoms with van der Waals surface area (Å²) >= 11 is 0. The van der Waals surface area contributed by atoms with Crippen molar-refractivity contribution < 1.29 is 39.5 Å². The Hall–Kier alpha value is -4.27. The fraction of sp³-hybridized carbons (Fsp3) is 0.0345. The lowest BCUT2D eigenvalue weighted by atomic mass is 9.96. The number of allylic oxidation sites excluding steroid dienone is 3. The van der Waals surface area contributed by atoms with E-state index in [4.69, 9.17) is 0 Å². The minimum atomic E-state index is -1.80. The predicted molar refractivity (Wildman–Crippen MR) is 126 cm³/mol. The van der Waals surface area contributed by atoms with Crippen LogP contribution in [0.4, 0.5) is 39.5 Å². The zero-order valence-electron chi connectivity index (χ0n) is 19.3. The largest absolute Gasteiger partial charge is 0.206 e. The van der Waals surface area contributed by atoms with Gasteiger partial charge < -0.3 is 0 Å². The van der Waals surface area contributed by atoms with Gasteiger partial charge in [-0.25, -0.2) is 39.5 Å². The molecule has 0 N–H and O–H groups in total. The van der Waals surface area contributed by atoms with Crippen LogP contribution in [0.5, 0.6) is 0 Å². The highest BCUT2D eigenvalue weighted by Gasteiger charge is 2.20. The molecular weight excluding hydrogens is 519 g/mol. The number of halogens is 9. The molecule has 38 heavy (non-hydrogen) atoms. The summed E-state index contributed by atoms with van der Waals surface area (Å²) in [5, 5.41) is 0. The lowest BCUT2D eigenvalue weighted by Gasteiger charge is -2.12. The summed E-state index contributed by atoms with van der Waals surface area (Å²) in [6.45, 7) is 1.47. The summed E-state index contributed by atoms with van der Waals surface area (Å²) in [6, 6.07) is 8.50. The summed E-state index contributed by atoms with van der Waals surface area (Å²) in [4.78, 5) is 0. The number of rotatable bonds is 5. The molecule has 4 aromatic carbocycles. The Morgan fingerprint density at radius 2 is 1.05 bits per heavy atom. The molecule has 0 saturated heterocycles. The van der Waals surface area contributed by atoms with Crippen LogP contribution in [0.2, 0.25) is 0 Å². The van der Waals surface area contributed by atoms with E-state index < -0.39 is 63.5 Å². The molecule has 0 unspecified atom stereocenters. The zero-order valence-corrected chi connectivity index (χ0v) is 19.3. The van der Waals surface area contributed by atoms with Gasteiger partial charge in [0.25, 0.3) is 0 Å². The van der Waals surface area contributed by atoms with Gasteiger partial charge >= 0.3 is 0 Å². The van der Waals surface area contributed by atoms with Crippen LogP contribution in [0, 0.1) is 40.7 Å². The molecule has 4 rings (SSSR count). The van der Waals surface area contributed by atoms with Crippen molar-refractivity contribution in [2.24, 2.45) is 0 Å². The smallest absolute Gasteiger partial charge is 0.194 e. The maximum absolute atomic E-state index is 15.0. The van der Waals surface area contributed by atoms with Crippen molar-refractivity contribution in [2.45, 2.75) is 6.92 Å². The average Bonchev–Trinajstić information content (AvgIpc) is 2.86. The molecule has 4 aromatic rings. The van der Waals surface area contributed by atoms with E-state index in [2.05, 4.69) is 0 Å². The van der Waals surface area contributed by atoms with Gasteiger partial charge in [0.2, 0.25) is 0 Å². The van der Waals surface area contributed by atoms with Crippen LogP contribution in [0.3, 0.4) is 0 Å². The van der Waals surface area contributed by atoms with Gasteiger partial charge in [0.1, 0.15) is 23.3 Å². The second-order valence-electron chi connectivity index (χ2n) is 8.12. The first-order valence-electron chi connectivity index (χ1n) is 10.9. The van der Waals surface area contributed by atoms with Crippen molar-refractivity contribution in [2.75, 3.05) is 0 Å². The second kappa shape index (κ2) is 10.6. The van der Waals surface area contributed by atoms with Crippen LogP contribution in [0.1, 0.15) is 12.5 Å². The molecule has 0 atom stereocenters. The number of benzene rings is 4. The fourth-order valence-corrected chi connectivity index (χ4v) is 3.86. The standard InChI is InChI=1S/C29H15F9/c1-2-3-20(30)28(37)15-5-7-18(22(32)9-15)14-4-6-19(21(31)8-14)16-10-23(33)27(24(34)11-16)17-12-25(35)29(38)26(36)13-17/h2-13H,1H3. The molecule has 0 nitrogen and oxygen atoms in total. The van der Waals surface area contributed by atoms with Gasteiger partial charge in [-0.05, 0) is 66.1 Å². The third-order valence-electron chi connectivity index (χ3n) is 5.65. The van der Waals surface area contributed by atoms with Gasteiger partial charge in [-0.3, -0.25) is 0 Å². The van der Waals surface area contributed by atoms with Crippen molar-refractivity contribution in [1.29, 1.82) is 0 Å². The summed E-state index contributed by atoms with van der Waals surface area (Å²) in [5.74, 6) is -12.1. The predicted octanol–water partition coefficient (Wildman–Crippen LogP) is 9.84. The first-order chi connectivity index (χ1) is 18.0. The van der Waals surface area contributed by atoms with Crippen LogP contribution in [-0.2, 0) is 0 Å². The molecule has 0 saturated carbocycles. The molecule has 0 aliphatic carbocycles. The molecule has 0 fully saturated rings. The van der Waals surface area contributed by atoms with Gasteiger partial charge in [-0.1, -0.05) is 30.3 Å². The Labute approximate surface area is 211 Å². The molecule has 0 heterocycles. The quantitative estimate of drug-likeness (QED) is 0.136. The molecule has 194 valence electrons. The number of hydrogen-bond donors (Lipinski definition) is 0. The molecule has 0 aromatic heterocycles. The SMILES string of the molecule is CC=CC(F)=C(F)c1ccc(-c2ccc(-c3cc(F)c(-c4cc(F)c(F)c(F)c4)c(F)c3)c(F)c2)c(F)c1. The van der Waals surface area contributed by atoms with Crippen molar-refractivity contribution >= 4 is 5.83 Å². The summed E-state index contributed by atoms with van der Waals surface area (Å²) in [7, 11) is 0. The van der Waals surface area contributed by atoms with Crippen molar-refractivity contribution in [1.82, 2.24) is 0 Å². The first kappa shape index (κ1) is 26.8. The first-order valence-corrected chi connectivity index (χ1v) is 10.9. The molecule has 0 radical (unpaired) electrons. The van der Waals surface area contributed by atoms with Crippen LogP contribution in [0.25, 0.3) is 39.2 Å². The molecular formula is C29H15F9. The van der Waals surface area contributed by atoms with Gasteiger partial charge in [0.05, 0.1) is 5.56 Å². The van der Waals surface area contributed by atoms with Crippen LogP contribution >= 0.6 is 0 Å². The van der Waals surface area contributed by atoms with Crippen LogP contribution in [-0.4, -0.2) is 0 Å². The molecule has 9 heteroatoms. The summed E-state index contributed by atoms with van der Waals surface area (Å²) in [5.41, 5.74) is -2.53. The molecule has 0 spiro atoms. The summed E-state index contributed by atoms with van der Waals surface area (Å²) < 4.78 is 127. The molecule has 0 bridgehead atoms. The van der Waals surface area contributed by atoms with Gasteiger partial charge in [-0.2, -0.15) is 0 Å². The molecule has 0 aliphatic heterocycles. The van der Waals surface area contributed by atoms with E-state index in [1.165, 1.54) is 19.1 Å². The fourth-order valence-electron chi connectivity index (χ4n) is 3.86. The van der Waals surface area contributed by atoms with E-state index in [1.54, 1.807) is 0 Å². The normalized spacial score (nSPS) is 12.3. The average molecular weight is 534 g/mol. The Balaban J connectivity index is 1.70. The third-order valence-corrected chi connectivity index (χ3v) is 5.65. The highest BCUT2D eigenvalue weighted by Crippen LogP contribution is 2.35. The van der Waals surface area contributed by atoms with E-state index in [1.807, 2.05) is 0 Å². The van der Waals surface area contributed by atoms with Gasteiger partial charge in [0, 0.05) is 16.7 Å². The molecule has 0 aliphatic rings. The highest BCUT2D eigenvalue weighted by molar-refractivity contribution is 5.76. The van der Waals surface area contributed by atoms with Crippen molar-refractivity contribution in [3.8, 4) is 33.4 Å². The molecule has 0 amide bonds. The van der Waals surface area contributed by atoms with E-state index in [0.717, 1.165) is 48.5 Å². The Kier molecular flexibility index (Phi) is 7.48. The lowest BCUT2D eigenvalue weighted by Crippen LogP contribution is -1.97. The van der Waals surface area contributed by atoms with Gasteiger partial charge in [-0.15, -0.1) is 0 Å². The topological polar surface area (TPSA) is 0 Å². The maximum atomic E-state index is 15.0. The Bertz CT molecular complexity index is 1570. The Morgan fingerprint density at radius 1 is 0.553 bits per heavy atom. The highest BCUT2D eigenvalue weighted by atomic mass is 19.2. The lowest BCUT2D eigenvalue weighted by molar-refractivity contribution is 0.447. The third kappa shape index (κ3) is 5.09. The minimum absolute atomic E-state index is 0.00319.